The molecule has 0 saturated carbocycles. The number of esters is 1. The zero-order chi connectivity index (χ0) is 22.6. The molecule has 0 spiro atoms. The fourth-order valence-corrected chi connectivity index (χ4v) is 3.73. The Bertz CT molecular complexity index is 1030. The van der Waals surface area contributed by atoms with Crippen LogP contribution in [0.25, 0.3) is 0 Å². The number of anilines is 1. The second-order valence-corrected chi connectivity index (χ2v) is 7.54. The van der Waals surface area contributed by atoms with Gasteiger partial charge in [-0.2, -0.15) is 17.9 Å². The molecular weight excluding hydrogens is 429 g/mol. The highest BCUT2D eigenvalue weighted by molar-refractivity contribution is 7.89. The Hall–Kier alpha value is -3.12. The van der Waals surface area contributed by atoms with E-state index in [9.17, 15) is 36.3 Å². The van der Waals surface area contributed by atoms with Gasteiger partial charge in [-0.3, -0.25) is 0 Å². The van der Waals surface area contributed by atoms with Crippen LogP contribution >= 0.6 is 0 Å². The first-order chi connectivity index (χ1) is 13.9. The molecule has 0 unspecified atom stereocenters. The summed E-state index contributed by atoms with van der Waals surface area (Å²) >= 11 is 0. The number of alkyl halides is 3. The van der Waals surface area contributed by atoms with Crippen molar-refractivity contribution < 1.29 is 41.0 Å². The topological polar surface area (TPSA) is 122 Å². The summed E-state index contributed by atoms with van der Waals surface area (Å²) in [7, 11) is -4.90. The van der Waals surface area contributed by atoms with Crippen molar-refractivity contribution in [1.82, 2.24) is 4.72 Å². The van der Waals surface area contributed by atoms with Gasteiger partial charge in [0, 0.05) is 0 Å². The summed E-state index contributed by atoms with van der Waals surface area (Å²) in [5.74, 6) is -3.60. The predicted molar refractivity (Wildman–Crippen MR) is 99.2 cm³/mol. The van der Waals surface area contributed by atoms with Gasteiger partial charge in [0.25, 0.3) is 5.66 Å². The highest BCUT2D eigenvalue weighted by Gasteiger charge is 2.64. The van der Waals surface area contributed by atoms with E-state index in [1.165, 1.54) is 42.0 Å². The molecule has 0 saturated heterocycles. The van der Waals surface area contributed by atoms with Gasteiger partial charge in [0.2, 0.25) is 10.0 Å². The number of carboxylic acids is 1. The summed E-state index contributed by atoms with van der Waals surface area (Å²) in [6, 6.07) is 10.5. The van der Waals surface area contributed by atoms with Crippen molar-refractivity contribution in [1.29, 1.82) is 0 Å². The molecule has 2 aromatic carbocycles. The Labute approximate surface area is 169 Å². The lowest BCUT2D eigenvalue weighted by atomic mass is 10.1. The van der Waals surface area contributed by atoms with Gasteiger partial charge in [-0.25, -0.2) is 18.0 Å². The summed E-state index contributed by atoms with van der Waals surface area (Å²) in [6.45, 7) is 0.738. The van der Waals surface area contributed by atoms with Gasteiger partial charge in [-0.1, -0.05) is 30.3 Å². The van der Waals surface area contributed by atoms with Crippen LogP contribution in [0.5, 0.6) is 0 Å². The summed E-state index contributed by atoms with van der Waals surface area (Å²) in [4.78, 5) is 23.3. The van der Waals surface area contributed by atoms with Gasteiger partial charge in [0.1, 0.15) is 0 Å². The second kappa shape index (κ2) is 8.71. The van der Waals surface area contributed by atoms with Crippen molar-refractivity contribution in [3.63, 3.8) is 0 Å². The minimum Gasteiger partial charge on any atom is -0.478 e. The standard InChI is InChI=1S/C18H17F3N2O6S/c1-2-29-16(26)17(18(19,20)21,22-14-11-7-6-10-13(14)15(24)25)23-30(27,28)12-8-4-3-5-9-12/h3-11,22-23H,2H2,1H3,(H,24,25)/t17-/m0/s1. The van der Waals surface area contributed by atoms with E-state index in [-0.39, 0.29) is 0 Å². The lowest BCUT2D eigenvalue weighted by Crippen LogP contribution is -2.69. The maximum Gasteiger partial charge on any atom is 0.437 e. The Balaban J connectivity index is 2.69. The molecule has 0 amide bonds. The van der Waals surface area contributed by atoms with E-state index >= 15 is 0 Å². The Morgan fingerprint density at radius 1 is 1.03 bits per heavy atom. The predicted octanol–water partition coefficient (Wildman–Crippen LogP) is 2.60. The second-order valence-electron chi connectivity index (χ2n) is 5.86. The number of rotatable bonds is 8. The number of sulfonamides is 1. The van der Waals surface area contributed by atoms with Gasteiger partial charge in [0.05, 0.1) is 22.8 Å². The highest BCUT2D eigenvalue weighted by Crippen LogP contribution is 2.35. The van der Waals surface area contributed by atoms with Crippen molar-refractivity contribution >= 4 is 27.6 Å². The van der Waals surface area contributed by atoms with Crippen LogP contribution in [0.1, 0.15) is 17.3 Å². The lowest BCUT2D eigenvalue weighted by Gasteiger charge is -2.35. The molecule has 8 nitrogen and oxygen atoms in total. The van der Waals surface area contributed by atoms with E-state index < -0.39 is 56.6 Å². The number of hydrogen-bond donors (Lipinski definition) is 3. The SMILES string of the molecule is CCOC(=O)[C@](Nc1ccccc1C(=O)O)(NS(=O)(=O)c1ccccc1)C(F)(F)F. The molecule has 0 aromatic heterocycles. The molecule has 1 atom stereocenters. The third-order valence-electron chi connectivity index (χ3n) is 3.83. The number of carboxylic acid groups (broad SMARTS) is 1. The Morgan fingerprint density at radius 2 is 1.60 bits per heavy atom. The van der Waals surface area contributed by atoms with E-state index in [1.807, 2.05) is 0 Å². The molecule has 0 aliphatic heterocycles. The van der Waals surface area contributed by atoms with E-state index in [1.54, 1.807) is 5.32 Å². The zero-order valence-corrected chi connectivity index (χ0v) is 16.3. The number of aromatic carboxylic acids is 1. The van der Waals surface area contributed by atoms with Gasteiger partial charge < -0.3 is 15.2 Å². The van der Waals surface area contributed by atoms with Crippen LogP contribution in [0.2, 0.25) is 0 Å². The van der Waals surface area contributed by atoms with Crippen molar-refractivity contribution in [2.45, 2.75) is 23.7 Å². The van der Waals surface area contributed by atoms with Crippen LogP contribution in [-0.4, -0.2) is 43.9 Å². The summed E-state index contributed by atoms with van der Waals surface area (Å²) in [5, 5.41) is 11.0. The molecule has 2 aromatic rings. The normalized spacial score (nSPS) is 13.9. The minimum absolute atomic E-state index is 0.494. The van der Waals surface area contributed by atoms with E-state index in [0.29, 0.717) is 0 Å². The maximum atomic E-state index is 14.2. The maximum absolute atomic E-state index is 14.2. The van der Waals surface area contributed by atoms with Gasteiger partial charge >= 0.3 is 18.1 Å². The van der Waals surface area contributed by atoms with Crippen molar-refractivity contribution in [2.24, 2.45) is 0 Å². The zero-order valence-electron chi connectivity index (χ0n) is 15.4. The number of hydrogen-bond acceptors (Lipinski definition) is 6. The van der Waals surface area contributed by atoms with Gasteiger partial charge in [-0.15, -0.1) is 0 Å². The van der Waals surface area contributed by atoms with Crippen molar-refractivity contribution in [3.8, 4) is 0 Å². The van der Waals surface area contributed by atoms with Gasteiger partial charge in [0.15, 0.2) is 0 Å². The number of nitrogens with one attached hydrogen (secondary N) is 2. The monoisotopic (exact) mass is 446 g/mol. The van der Waals surface area contributed by atoms with Crippen molar-refractivity contribution in [3.05, 3.63) is 60.2 Å². The molecule has 0 aliphatic carbocycles. The van der Waals surface area contributed by atoms with Gasteiger partial charge in [-0.05, 0) is 31.2 Å². The Kier molecular flexibility index (Phi) is 6.73. The number of halogens is 3. The molecule has 0 fully saturated rings. The first-order valence-corrected chi connectivity index (χ1v) is 9.86. The number of carbonyl (C=O) groups is 2. The van der Waals surface area contributed by atoms with Crippen LogP contribution in [-0.2, 0) is 19.6 Å². The van der Waals surface area contributed by atoms with E-state index in [4.69, 9.17) is 0 Å². The number of carbonyl (C=O) groups excluding carboxylic acids is 1. The molecule has 0 aliphatic rings. The molecule has 0 radical (unpaired) electrons. The molecule has 12 heteroatoms. The lowest BCUT2D eigenvalue weighted by molar-refractivity contribution is -0.202. The van der Waals surface area contributed by atoms with Crippen LogP contribution in [0.3, 0.4) is 0 Å². The quantitative estimate of drug-likeness (QED) is 0.421. The Morgan fingerprint density at radius 3 is 2.13 bits per heavy atom. The van der Waals surface area contributed by atoms with Crippen molar-refractivity contribution in [2.75, 3.05) is 11.9 Å². The molecule has 3 N–H and O–H groups in total. The van der Waals surface area contributed by atoms with Crippen LogP contribution in [0.15, 0.2) is 59.5 Å². The first-order valence-electron chi connectivity index (χ1n) is 8.38. The number of ether oxygens (including phenoxy) is 1. The van der Waals surface area contributed by atoms with E-state index in [0.717, 1.165) is 24.3 Å². The number of benzene rings is 2. The third-order valence-corrected chi connectivity index (χ3v) is 5.30. The van der Waals surface area contributed by atoms with Crippen LogP contribution in [0.4, 0.5) is 18.9 Å². The summed E-state index contributed by atoms with van der Waals surface area (Å²) < 4.78 is 73.6. The third kappa shape index (κ3) is 4.71. The molecule has 162 valence electrons. The highest BCUT2D eigenvalue weighted by atomic mass is 32.2. The minimum atomic E-state index is -5.56. The fourth-order valence-electron chi connectivity index (χ4n) is 2.44. The van der Waals surface area contributed by atoms with E-state index in [2.05, 4.69) is 4.74 Å². The fraction of sp³-hybridized carbons (Fsp3) is 0.222. The average Bonchev–Trinajstić information content (AvgIpc) is 2.67. The number of para-hydroxylation sites is 1. The van der Waals surface area contributed by atoms with Crippen LogP contribution in [0, 0.1) is 0 Å². The largest absolute Gasteiger partial charge is 0.478 e. The summed E-state index contributed by atoms with van der Waals surface area (Å²) in [5.41, 5.74) is -5.26. The summed E-state index contributed by atoms with van der Waals surface area (Å²) in [6.07, 6.45) is -5.56. The molecule has 0 heterocycles. The first kappa shape index (κ1) is 23.2. The van der Waals surface area contributed by atoms with Crippen LogP contribution < -0.4 is 10.0 Å². The smallest absolute Gasteiger partial charge is 0.437 e. The molecular formula is C18H17F3N2O6S. The molecule has 0 bridgehead atoms. The average molecular weight is 446 g/mol. The molecule has 2 rings (SSSR count). The molecule has 30 heavy (non-hydrogen) atoms.